The fourth-order valence-corrected chi connectivity index (χ4v) is 3.94. The van der Waals surface area contributed by atoms with Gasteiger partial charge in [0.2, 0.25) is 0 Å². The molecule has 0 aromatic carbocycles. The molecule has 0 aliphatic heterocycles. The van der Waals surface area contributed by atoms with Gasteiger partial charge in [-0.15, -0.1) is 0 Å². The molecule has 56 valence electrons. The molecule has 0 atom stereocenters. The zero-order chi connectivity index (χ0) is 7.33. The molecule has 0 N–H and O–H groups in total. The second-order valence-corrected chi connectivity index (χ2v) is 11.1. The number of hydrogen-bond donors (Lipinski definition) is 0. The Balaban J connectivity index is 3.43. The van der Waals surface area contributed by atoms with Crippen LogP contribution in [0.1, 0.15) is 13.8 Å². The van der Waals surface area contributed by atoms with Crippen LogP contribution in [0.4, 0.5) is 0 Å². The first-order chi connectivity index (χ1) is 4.12. The Bertz CT molecular complexity index is 67.4. The summed E-state index contributed by atoms with van der Waals surface area (Å²) in [6.45, 7) is 7.75. The Labute approximate surface area is 61.0 Å². The molecule has 0 bridgehead atoms. The van der Waals surface area contributed by atoms with Gasteiger partial charge >= 0.3 is 8.08 Å². The minimum Gasteiger partial charge on any atom is -0.398 e. The lowest BCUT2D eigenvalue weighted by atomic mass is 10.9. The molecule has 0 amide bonds. The first-order valence-corrected chi connectivity index (χ1v) is 9.22. The standard InChI is InChI=1S/C5H16O2Si2/c1-4-6-9(3,8)7-5-2/h4-5H2,1-3,8H3. The molecule has 0 fully saturated rings. The highest BCUT2D eigenvalue weighted by atomic mass is 29.2. The Morgan fingerprint density at radius 2 is 1.56 bits per heavy atom. The molecule has 0 aromatic rings. The maximum Gasteiger partial charge on any atom is 0.301 e. The van der Waals surface area contributed by atoms with E-state index < -0.39 is 8.08 Å². The van der Waals surface area contributed by atoms with Gasteiger partial charge in [0, 0.05) is 13.2 Å². The van der Waals surface area contributed by atoms with Crippen molar-refractivity contribution in [3.63, 3.8) is 0 Å². The van der Waals surface area contributed by atoms with Gasteiger partial charge in [0.05, 0.1) is 9.76 Å². The Morgan fingerprint density at radius 1 is 1.22 bits per heavy atom. The minimum atomic E-state index is -1.56. The van der Waals surface area contributed by atoms with E-state index >= 15 is 0 Å². The molecule has 0 unspecified atom stereocenters. The van der Waals surface area contributed by atoms with Crippen LogP contribution in [0.25, 0.3) is 0 Å². The summed E-state index contributed by atoms with van der Waals surface area (Å²) in [7, 11) is -0.502. The molecule has 0 radical (unpaired) electrons. The summed E-state index contributed by atoms with van der Waals surface area (Å²) in [6.07, 6.45) is 0. The van der Waals surface area contributed by atoms with Gasteiger partial charge in [-0.1, -0.05) is 0 Å². The van der Waals surface area contributed by atoms with Crippen molar-refractivity contribution in [1.29, 1.82) is 0 Å². The molecule has 0 saturated carbocycles. The molecule has 9 heavy (non-hydrogen) atoms. The summed E-state index contributed by atoms with van der Waals surface area (Å²) in [6, 6.07) is 0. The maximum absolute atomic E-state index is 5.45. The van der Waals surface area contributed by atoms with Crippen LogP contribution < -0.4 is 0 Å². The lowest BCUT2D eigenvalue weighted by Gasteiger charge is -2.20. The Hall–Kier alpha value is 0.354. The summed E-state index contributed by atoms with van der Waals surface area (Å²) in [5.41, 5.74) is 0. The average molecular weight is 164 g/mol. The fourth-order valence-electron chi connectivity index (χ4n) is 0.737. The molecule has 4 heteroatoms. The van der Waals surface area contributed by atoms with Gasteiger partial charge in [-0.3, -0.25) is 0 Å². The van der Waals surface area contributed by atoms with E-state index in [-0.39, 0.29) is 0 Å². The van der Waals surface area contributed by atoms with Gasteiger partial charge < -0.3 is 8.85 Å². The molecule has 0 heterocycles. The van der Waals surface area contributed by atoms with Crippen molar-refractivity contribution < 1.29 is 8.85 Å². The van der Waals surface area contributed by atoms with E-state index in [1.807, 2.05) is 13.8 Å². The van der Waals surface area contributed by atoms with E-state index in [0.29, 0.717) is 0 Å². The number of rotatable bonds is 4. The van der Waals surface area contributed by atoms with Crippen molar-refractivity contribution in [1.82, 2.24) is 0 Å². The molecule has 0 aromatic heterocycles. The monoisotopic (exact) mass is 164 g/mol. The van der Waals surface area contributed by atoms with E-state index in [0.717, 1.165) is 23.0 Å². The topological polar surface area (TPSA) is 18.5 Å². The van der Waals surface area contributed by atoms with Crippen LogP contribution in [0.3, 0.4) is 0 Å². The van der Waals surface area contributed by atoms with Gasteiger partial charge in [0.1, 0.15) is 0 Å². The van der Waals surface area contributed by atoms with Gasteiger partial charge in [-0.25, -0.2) is 0 Å². The van der Waals surface area contributed by atoms with E-state index in [1.54, 1.807) is 0 Å². The van der Waals surface area contributed by atoms with E-state index in [4.69, 9.17) is 8.85 Å². The van der Waals surface area contributed by atoms with Crippen molar-refractivity contribution in [3.05, 3.63) is 0 Å². The molecule has 0 spiro atoms. The van der Waals surface area contributed by atoms with Crippen LogP contribution in [0.2, 0.25) is 6.55 Å². The summed E-state index contributed by atoms with van der Waals surface area (Å²) < 4.78 is 10.9. The van der Waals surface area contributed by atoms with Crippen LogP contribution in [-0.4, -0.2) is 31.1 Å². The second kappa shape index (κ2) is 4.21. The summed E-state index contributed by atoms with van der Waals surface area (Å²) in [5, 5.41) is 0. The first-order valence-electron chi connectivity index (χ1n) is 3.40. The van der Waals surface area contributed by atoms with Gasteiger partial charge in [-0.05, 0) is 20.4 Å². The van der Waals surface area contributed by atoms with E-state index in [1.165, 1.54) is 0 Å². The fraction of sp³-hybridized carbons (Fsp3) is 1.00. The highest BCUT2D eigenvalue weighted by molar-refractivity contribution is 7.08. The molecule has 0 saturated heterocycles. The zero-order valence-electron chi connectivity index (χ0n) is 6.73. The van der Waals surface area contributed by atoms with E-state index in [9.17, 15) is 0 Å². The normalized spacial score (nSPS) is 12.3. The predicted octanol–water partition coefficient (Wildman–Crippen LogP) is -0.00650. The third-order valence-corrected chi connectivity index (χ3v) is 4.68. The average Bonchev–Trinajstić information content (AvgIpc) is 1.64. The molecule has 2 nitrogen and oxygen atoms in total. The highest BCUT2D eigenvalue weighted by Gasteiger charge is 2.21. The Morgan fingerprint density at radius 3 is 1.78 bits per heavy atom. The van der Waals surface area contributed by atoms with Crippen molar-refractivity contribution >= 4 is 17.8 Å². The SMILES string of the molecule is CCO[Si](C)([SiH3])OCC. The van der Waals surface area contributed by atoms with Crippen LogP contribution in [0.15, 0.2) is 0 Å². The van der Waals surface area contributed by atoms with Gasteiger partial charge in [0.25, 0.3) is 0 Å². The summed E-state index contributed by atoms with van der Waals surface area (Å²) >= 11 is 0. The van der Waals surface area contributed by atoms with Gasteiger partial charge in [0.15, 0.2) is 0 Å². The lowest BCUT2D eigenvalue weighted by molar-refractivity contribution is 0.209. The molecule has 0 aliphatic rings. The molecular weight excluding hydrogens is 148 g/mol. The maximum atomic E-state index is 5.45. The first kappa shape index (κ1) is 9.35. The minimum absolute atomic E-state index is 0.798. The van der Waals surface area contributed by atoms with Crippen LogP contribution in [0.5, 0.6) is 0 Å². The lowest BCUT2D eigenvalue weighted by Crippen LogP contribution is -2.39. The molecule has 0 aliphatic carbocycles. The largest absolute Gasteiger partial charge is 0.398 e. The highest BCUT2D eigenvalue weighted by Crippen LogP contribution is 1.99. The van der Waals surface area contributed by atoms with Crippen molar-refractivity contribution in [2.45, 2.75) is 20.4 Å². The third-order valence-electron chi connectivity index (χ3n) is 0.984. The van der Waals surface area contributed by atoms with Crippen molar-refractivity contribution in [2.24, 2.45) is 0 Å². The van der Waals surface area contributed by atoms with Crippen molar-refractivity contribution in [2.75, 3.05) is 13.2 Å². The smallest absolute Gasteiger partial charge is 0.301 e. The summed E-state index contributed by atoms with van der Waals surface area (Å²) in [4.78, 5) is 0. The van der Waals surface area contributed by atoms with Crippen molar-refractivity contribution in [3.8, 4) is 0 Å². The summed E-state index contributed by atoms with van der Waals surface area (Å²) in [5.74, 6) is 0. The van der Waals surface area contributed by atoms with Crippen LogP contribution in [0, 0.1) is 0 Å². The molecule has 0 rings (SSSR count). The van der Waals surface area contributed by atoms with Crippen LogP contribution >= 0.6 is 0 Å². The zero-order valence-corrected chi connectivity index (χ0v) is 9.73. The molecular formula is C5H16O2Si2. The Kier molecular flexibility index (Phi) is 4.38. The second-order valence-electron chi connectivity index (χ2n) is 2.27. The van der Waals surface area contributed by atoms with Crippen LogP contribution in [-0.2, 0) is 8.85 Å². The quantitative estimate of drug-likeness (QED) is 0.544. The number of hydrogen-bond acceptors (Lipinski definition) is 2. The van der Waals surface area contributed by atoms with Gasteiger partial charge in [-0.2, -0.15) is 0 Å². The van der Waals surface area contributed by atoms with E-state index in [2.05, 4.69) is 6.55 Å². The predicted molar refractivity (Wildman–Crippen MR) is 44.8 cm³/mol. The third kappa shape index (κ3) is 4.83.